The number of ether oxygens (including phenoxy) is 4. The number of carbonyl (C=O) groups excluding carboxylic acids is 2. The van der Waals surface area contributed by atoms with E-state index in [0.29, 0.717) is 47.8 Å². The van der Waals surface area contributed by atoms with Crippen LogP contribution in [-0.2, 0) is 19.1 Å². The van der Waals surface area contributed by atoms with Gasteiger partial charge in [0.1, 0.15) is 0 Å². The number of allylic oxidation sites excluding steroid dienone is 1. The van der Waals surface area contributed by atoms with Crippen LogP contribution in [0.2, 0.25) is 0 Å². The summed E-state index contributed by atoms with van der Waals surface area (Å²) in [6, 6.07) is 10.6. The van der Waals surface area contributed by atoms with Crippen molar-refractivity contribution in [2.75, 3.05) is 26.9 Å². The van der Waals surface area contributed by atoms with Crippen LogP contribution in [-0.4, -0.2) is 43.4 Å². The number of carbonyl (C=O) groups is 2. The standard InChI is InChI=1S/C29H29IN2O7S/c1-6-37-21-13-18(12-20(30)26(21)39-15-23(33)36-5)14-22-27(34)32-25(19-10-8-16(3)9-11-19)24(28(35)38-7-2)17(4)31-29(32)40-22/h8-14,25H,6-7,15H2,1-5H3/b22-14+/t25-/m0/s1. The predicted octanol–water partition coefficient (Wildman–Crippen LogP) is 3.66. The highest BCUT2D eigenvalue weighted by atomic mass is 127. The lowest BCUT2D eigenvalue weighted by Crippen LogP contribution is -2.39. The Morgan fingerprint density at radius 3 is 2.48 bits per heavy atom. The molecular weight excluding hydrogens is 647 g/mol. The van der Waals surface area contributed by atoms with Gasteiger partial charge in [0, 0.05) is 0 Å². The molecule has 40 heavy (non-hydrogen) atoms. The zero-order valence-corrected chi connectivity index (χ0v) is 25.8. The molecule has 1 atom stereocenters. The molecule has 0 bridgehead atoms. The highest BCUT2D eigenvalue weighted by Gasteiger charge is 2.33. The van der Waals surface area contributed by atoms with Crippen LogP contribution in [0.1, 0.15) is 43.5 Å². The summed E-state index contributed by atoms with van der Waals surface area (Å²) in [6.45, 7) is 7.65. The second kappa shape index (κ2) is 12.8. The highest BCUT2D eigenvalue weighted by molar-refractivity contribution is 14.1. The average Bonchev–Trinajstić information content (AvgIpc) is 3.22. The molecule has 0 saturated carbocycles. The number of aromatic nitrogens is 1. The van der Waals surface area contributed by atoms with Gasteiger partial charge in [0.25, 0.3) is 5.56 Å². The fraction of sp³-hybridized carbons (Fsp3) is 0.310. The van der Waals surface area contributed by atoms with Gasteiger partial charge in [0.15, 0.2) is 22.9 Å². The lowest BCUT2D eigenvalue weighted by molar-refractivity contribution is -0.143. The number of methoxy groups -OCH3 is 1. The number of hydrogen-bond acceptors (Lipinski definition) is 9. The molecule has 2 aromatic carbocycles. The van der Waals surface area contributed by atoms with Gasteiger partial charge in [-0.2, -0.15) is 0 Å². The molecule has 11 heteroatoms. The summed E-state index contributed by atoms with van der Waals surface area (Å²) >= 11 is 3.34. The van der Waals surface area contributed by atoms with E-state index in [-0.39, 0.29) is 18.8 Å². The molecule has 0 aliphatic carbocycles. The van der Waals surface area contributed by atoms with E-state index in [4.69, 9.17) is 14.2 Å². The lowest BCUT2D eigenvalue weighted by Gasteiger charge is -2.24. The fourth-order valence-electron chi connectivity index (χ4n) is 4.27. The molecule has 3 aromatic rings. The van der Waals surface area contributed by atoms with Gasteiger partial charge < -0.3 is 18.9 Å². The van der Waals surface area contributed by atoms with Gasteiger partial charge in [-0.3, -0.25) is 9.36 Å². The summed E-state index contributed by atoms with van der Waals surface area (Å²) in [5, 5.41) is 0. The van der Waals surface area contributed by atoms with E-state index in [2.05, 4.69) is 32.3 Å². The van der Waals surface area contributed by atoms with Crippen molar-refractivity contribution in [3.8, 4) is 11.5 Å². The van der Waals surface area contributed by atoms with Crippen molar-refractivity contribution in [3.05, 3.63) is 87.6 Å². The van der Waals surface area contributed by atoms with Crippen molar-refractivity contribution >= 4 is 51.9 Å². The number of aryl methyl sites for hydroxylation is 1. The molecule has 4 rings (SSSR count). The number of hydrogen-bond donors (Lipinski definition) is 0. The van der Waals surface area contributed by atoms with E-state index in [1.165, 1.54) is 18.4 Å². The van der Waals surface area contributed by atoms with Crippen LogP contribution < -0.4 is 24.4 Å². The molecule has 0 spiro atoms. The molecule has 210 valence electrons. The Balaban J connectivity index is 1.86. The third-order valence-electron chi connectivity index (χ3n) is 6.10. The van der Waals surface area contributed by atoms with Gasteiger partial charge in [-0.1, -0.05) is 41.2 Å². The van der Waals surface area contributed by atoms with Crippen molar-refractivity contribution in [1.82, 2.24) is 4.57 Å². The largest absolute Gasteiger partial charge is 0.490 e. The third-order valence-corrected chi connectivity index (χ3v) is 7.89. The topological polar surface area (TPSA) is 105 Å². The molecule has 0 radical (unpaired) electrons. The summed E-state index contributed by atoms with van der Waals surface area (Å²) in [4.78, 5) is 43.6. The monoisotopic (exact) mass is 676 g/mol. The molecule has 0 N–H and O–H groups in total. The van der Waals surface area contributed by atoms with Crippen molar-refractivity contribution in [1.29, 1.82) is 0 Å². The summed E-state index contributed by atoms with van der Waals surface area (Å²) < 4.78 is 24.2. The van der Waals surface area contributed by atoms with Crippen LogP contribution >= 0.6 is 33.9 Å². The first-order valence-corrected chi connectivity index (χ1v) is 14.5. The molecular formula is C29H29IN2O7S. The van der Waals surface area contributed by atoms with E-state index >= 15 is 0 Å². The van der Waals surface area contributed by atoms with Crippen molar-refractivity contribution in [3.63, 3.8) is 0 Å². The van der Waals surface area contributed by atoms with Gasteiger partial charge >= 0.3 is 11.9 Å². The number of fused-ring (bicyclic) bond motifs is 1. The number of nitrogens with zero attached hydrogens (tertiary/aromatic N) is 2. The SMILES string of the molecule is CCOC(=O)C1=C(C)N=c2s/c(=C/c3cc(I)c(OCC(=O)OC)c(OCC)c3)c(=O)n2[C@H]1c1ccc(C)cc1. The third kappa shape index (κ3) is 6.15. The fourth-order valence-corrected chi connectivity index (χ4v) is 6.10. The van der Waals surface area contributed by atoms with Gasteiger partial charge in [-0.15, -0.1) is 0 Å². The van der Waals surface area contributed by atoms with Crippen LogP contribution in [0.15, 0.2) is 57.5 Å². The first-order valence-electron chi connectivity index (χ1n) is 12.6. The zero-order valence-electron chi connectivity index (χ0n) is 22.8. The average molecular weight is 677 g/mol. The van der Waals surface area contributed by atoms with Crippen LogP contribution in [0.3, 0.4) is 0 Å². The molecule has 0 saturated heterocycles. The van der Waals surface area contributed by atoms with Crippen molar-refractivity contribution in [2.45, 2.75) is 33.7 Å². The highest BCUT2D eigenvalue weighted by Crippen LogP contribution is 2.35. The Hall–Kier alpha value is -3.45. The molecule has 2 heterocycles. The number of rotatable bonds is 9. The normalized spacial score (nSPS) is 14.8. The Kier molecular flexibility index (Phi) is 9.46. The zero-order chi connectivity index (χ0) is 29.0. The number of thiazole rings is 1. The van der Waals surface area contributed by atoms with Gasteiger partial charge in [-0.05, 0) is 79.6 Å². The quantitative estimate of drug-likeness (QED) is 0.252. The summed E-state index contributed by atoms with van der Waals surface area (Å²) in [7, 11) is 1.29. The molecule has 0 fully saturated rings. The van der Waals surface area contributed by atoms with Gasteiger partial charge in [0.2, 0.25) is 0 Å². The Bertz CT molecular complexity index is 1650. The number of benzene rings is 2. The van der Waals surface area contributed by atoms with E-state index < -0.39 is 18.0 Å². The summed E-state index contributed by atoms with van der Waals surface area (Å²) in [5.41, 5.74) is 3.13. The molecule has 0 amide bonds. The first-order chi connectivity index (χ1) is 19.2. The van der Waals surface area contributed by atoms with Crippen LogP contribution in [0.25, 0.3) is 6.08 Å². The molecule has 9 nitrogen and oxygen atoms in total. The minimum Gasteiger partial charge on any atom is -0.490 e. The Morgan fingerprint density at radius 1 is 1.10 bits per heavy atom. The maximum absolute atomic E-state index is 13.9. The minimum atomic E-state index is -0.675. The van der Waals surface area contributed by atoms with Crippen LogP contribution in [0.5, 0.6) is 11.5 Å². The second-order valence-electron chi connectivity index (χ2n) is 8.84. The Morgan fingerprint density at radius 2 is 1.82 bits per heavy atom. The summed E-state index contributed by atoms with van der Waals surface area (Å²) in [6.07, 6.45) is 1.76. The van der Waals surface area contributed by atoms with Gasteiger partial charge in [-0.25, -0.2) is 14.6 Å². The van der Waals surface area contributed by atoms with Gasteiger partial charge in [0.05, 0.1) is 45.7 Å². The molecule has 1 aliphatic heterocycles. The van der Waals surface area contributed by atoms with Crippen molar-refractivity contribution < 1.29 is 28.5 Å². The van der Waals surface area contributed by atoms with E-state index in [1.807, 2.05) is 44.2 Å². The first kappa shape index (κ1) is 29.5. The molecule has 1 aromatic heterocycles. The minimum absolute atomic E-state index is 0.209. The Labute approximate surface area is 248 Å². The van der Waals surface area contributed by atoms with E-state index in [1.54, 1.807) is 30.6 Å². The lowest BCUT2D eigenvalue weighted by atomic mass is 9.95. The van der Waals surface area contributed by atoms with Crippen LogP contribution in [0.4, 0.5) is 0 Å². The van der Waals surface area contributed by atoms with E-state index in [9.17, 15) is 14.4 Å². The van der Waals surface area contributed by atoms with E-state index in [0.717, 1.165) is 11.1 Å². The predicted molar refractivity (Wildman–Crippen MR) is 159 cm³/mol. The van der Waals surface area contributed by atoms with Crippen LogP contribution in [0, 0.1) is 10.5 Å². The maximum atomic E-state index is 13.9. The van der Waals surface area contributed by atoms with Crippen molar-refractivity contribution in [2.24, 2.45) is 4.99 Å². The maximum Gasteiger partial charge on any atom is 0.343 e. The second-order valence-corrected chi connectivity index (χ2v) is 11.0. The summed E-state index contributed by atoms with van der Waals surface area (Å²) in [5.74, 6) is -0.151. The number of halogens is 1. The number of esters is 2. The molecule has 0 unspecified atom stereocenters. The molecule has 1 aliphatic rings. The smallest absolute Gasteiger partial charge is 0.343 e.